The van der Waals surface area contributed by atoms with Gasteiger partial charge in [0.05, 0.1) is 5.57 Å². The summed E-state index contributed by atoms with van der Waals surface area (Å²) in [6.07, 6.45) is 4.14. The van der Waals surface area contributed by atoms with Crippen molar-refractivity contribution in [3.63, 3.8) is 0 Å². The monoisotopic (exact) mass is 235 g/mol. The van der Waals surface area contributed by atoms with Gasteiger partial charge in [0.1, 0.15) is 5.76 Å². The van der Waals surface area contributed by atoms with Crippen LogP contribution >= 0.6 is 0 Å². The highest BCUT2D eigenvalue weighted by atomic mass is 16.3. The first-order valence-electron chi connectivity index (χ1n) is 6.62. The molecule has 94 valence electrons. The van der Waals surface area contributed by atoms with Crippen molar-refractivity contribution in [2.45, 2.75) is 46.0 Å². The minimum absolute atomic E-state index is 0.0969. The summed E-state index contributed by atoms with van der Waals surface area (Å²) in [6, 6.07) is 0. The molecule has 0 saturated carbocycles. The number of aliphatic hydroxyl groups is 1. The van der Waals surface area contributed by atoms with Crippen LogP contribution < -0.4 is 0 Å². The fourth-order valence-electron chi connectivity index (χ4n) is 2.73. The number of rotatable bonds is 3. The molecule has 2 atom stereocenters. The van der Waals surface area contributed by atoms with E-state index in [-0.39, 0.29) is 11.5 Å². The molecular weight excluding hydrogens is 214 g/mol. The van der Waals surface area contributed by atoms with Crippen molar-refractivity contribution in [3.8, 4) is 0 Å². The predicted molar refractivity (Wildman–Crippen MR) is 68.4 cm³/mol. The van der Waals surface area contributed by atoms with Crippen LogP contribution in [-0.4, -0.2) is 23.1 Å². The molecule has 0 aromatic heterocycles. The zero-order valence-electron chi connectivity index (χ0n) is 10.7. The number of aliphatic imine (C=N–C) groups is 1. The number of aliphatic hydroxyl groups excluding tert-OH is 1. The van der Waals surface area contributed by atoms with Crippen molar-refractivity contribution in [1.29, 1.82) is 0 Å². The minimum Gasteiger partial charge on any atom is -0.511 e. The average Bonchev–Trinajstić information content (AvgIpc) is 2.80. The lowest BCUT2D eigenvalue weighted by Crippen LogP contribution is -2.27. The average molecular weight is 235 g/mol. The Morgan fingerprint density at radius 2 is 2.24 bits per heavy atom. The lowest BCUT2D eigenvalue weighted by atomic mass is 9.77. The van der Waals surface area contributed by atoms with Gasteiger partial charge in [0.2, 0.25) is 0 Å². The summed E-state index contributed by atoms with van der Waals surface area (Å²) in [6.45, 7) is 5.09. The maximum atomic E-state index is 12.1. The molecule has 0 bridgehead atoms. The lowest BCUT2D eigenvalue weighted by Gasteiger charge is -2.27. The molecule has 1 heterocycles. The smallest absolute Gasteiger partial charge is 0.168 e. The molecule has 0 aromatic carbocycles. The van der Waals surface area contributed by atoms with E-state index in [9.17, 15) is 9.90 Å². The van der Waals surface area contributed by atoms with E-state index < -0.39 is 0 Å². The van der Waals surface area contributed by atoms with Crippen LogP contribution in [-0.2, 0) is 4.79 Å². The van der Waals surface area contributed by atoms with Crippen molar-refractivity contribution in [1.82, 2.24) is 0 Å². The van der Waals surface area contributed by atoms with E-state index in [1.54, 1.807) is 0 Å². The highest BCUT2D eigenvalue weighted by Crippen LogP contribution is 2.34. The Labute approximate surface area is 103 Å². The summed E-state index contributed by atoms with van der Waals surface area (Å²) in [5, 5.41) is 10.1. The Bertz CT molecular complexity index is 382. The van der Waals surface area contributed by atoms with Crippen molar-refractivity contribution in [2.75, 3.05) is 6.54 Å². The first kappa shape index (κ1) is 12.3. The topological polar surface area (TPSA) is 49.7 Å². The third kappa shape index (κ3) is 2.43. The number of Topliss-reactive ketones (excluding diaryl/α,β-unsaturated/α-hetero) is 1. The molecule has 17 heavy (non-hydrogen) atoms. The Morgan fingerprint density at radius 3 is 2.76 bits per heavy atom. The molecule has 3 nitrogen and oxygen atoms in total. The van der Waals surface area contributed by atoms with Crippen LogP contribution in [0.15, 0.2) is 16.3 Å². The number of carbonyl (C=O) groups excluding carboxylic acids is 1. The summed E-state index contributed by atoms with van der Waals surface area (Å²) in [7, 11) is 0. The van der Waals surface area contributed by atoms with E-state index in [0.29, 0.717) is 30.3 Å². The molecule has 0 fully saturated rings. The summed E-state index contributed by atoms with van der Waals surface area (Å²) in [5.41, 5.74) is 1.39. The Balaban J connectivity index is 2.20. The van der Waals surface area contributed by atoms with E-state index in [2.05, 4.69) is 18.8 Å². The van der Waals surface area contributed by atoms with Crippen LogP contribution in [0.1, 0.15) is 46.0 Å². The molecule has 2 aliphatic rings. The molecule has 0 aromatic rings. The number of hydrogen-bond acceptors (Lipinski definition) is 3. The fraction of sp³-hybridized carbons (Fsp3) is 0.714. The third-order valence-corrected chi connectivity index (χ3v) is 4.08. The van der Waals surface area contributed by atoms with E-state index in [0.717, 1.165) is 31.5 Å². The number of carbonyl (C=O) groups is 1. The highest BCUT2D eigenvalue weighted by molar-refractivity contribution is 6.23. The summed E-state index contributed by atoms with van der Waals surface area (Å²) >= 11 is 0. The standard InChI is InChI=1S/C14H21NO2/c1-3-9(2)10-7-12(16)14(13(17)8-10)11-5-4-6-15-11/h9-10,16H,3-8H2,1-2H3. The van der Waals surface area contributed by atoms with Crippen molar-refractivity contribution < 1.29 is 9.90 Å². The van der Waals surface area contributed by atoms with Gasteiger partial charge in [0.15, 0.2) is 5.78 Å². The zero-order chi connectivity index (χ0) is 12.4. The van der Waals surface area contributed by atoms with Gasteiger partial charge in [0, 0.05) is 25.1 Å². The Hall–Kier alpha value is -1.12. The first-order chi connectivity index (χ1) is 8.13. The van der Waals surface area contributed by atoms with Gasteiger partial charge < -0.3 is 5.11 Å². The van der Waals surface area contributed by atoms with Gasteiger partial charge in [-0.05, 0) is 24.7 Å². The summed E-state index contributed by atoms with van der Waals surface area (Å²) in [4.78, 5) is 16.5. The van der Waals surface area contributed by atoms with Crippen LogP contribution in [0.4, 0.5) is 0 Å². The quantitative estimate of drug-likeness (QED) is 0.817. The van der Waals surface area contributed by atoms with Crippen LogP contribution in [0.2, 0.25) is 0 Å². The fourth-order valence-corrected chi connectivity index (χ4v) is 2.73. The van der Waals surface area contributed by atoms with Gasteiger partial charge in [-0.25, -0.2) is 0 Å². The van der Waals surface area contributed by atoms with E-state index in [1.165, 1.54) is 0 Å². The SMILES string of the molecule is CCC(C)C1CC(=O)C(C2=NCCC2)=C(O)C1. The van der Waals surface area contributed by atoms with Gasteiger partial charge in [-0.1, -0.05) is 20.3 Å². The molecule has 3 heteroatoms. The maximum absolute atomic E-state index is 12.1. The van der Waals surface area contributed by atoms with E-state index >= 15 is 0 Å². The molecule has 2 unspecified atom stereocenters. The summed E-state index contributed by atoms with van der Waals surface area (Å²) < 4.78 is 0. The summed E-state index contributed by atoms with van der Waals surface area (Å²) in [5.74, 6) is 1.18. The molecule has 1 aliphatic heterocycles. The van der Waals surface area contributed by atoms with Crippen LogP contribution in [0.25, 0.3) is 0 Å². The molecule has 0 spiro atoms. The van der Waals surface area contributed by atoms with Crippen LogP contribution in [0, 0.1) is 11.8 Å². The molecular formula is C14H21NO2. The number of ketones is 1. The van der Waals surface area contributed by atoms with Crippen LogP contribution in [0.3, 0.4) is 0 Å². The second kappa shape index (κ2) is 5.03. The van der Waals surface area contributed by atoms with Crippen molar-refractivity contribution in [3.05, 3.63) is 11.3 Å². The number of allylic oxidation sites excluding steroid dienone is 2. The highest BCUT2D eigenvalue weighted by Gasteiger charge is 2.32. The van der Waals surface area contributed by atoms with Gasteiger partial charge in [0.25, 0.3) is 0 Å². The van der Waals surface area contributed by atoms with Gasteiger partial charge in [-0.2, -0.15) is 0 Å². The second-order valence-corrected chi connectivity index (χ2v) is 5.23. The van der Waals surface area contributed by atoms with E-state index in [1.807, 2.05) is 0 Å². The Morgan fingerprint density at radius 1 is 1.47 bits per heavy atom. The second-order valence-electron chi connectivity index (χ2n) is 5.23. The predicted octanol–water partition coefficient (Wildman–Crippen LogP) is 3.06. The van der Waals surface area contributed by atoms with Gasteiger partial charge in [-0.15, -0.1) is 0 Å². The first-order valence-corrected chi connectivity index (χ1v) is 6.62. The van der Waals surface area contributed by atoms with Crippen LogP contribution in [0.5, 0.6) is 0 Å². The molecule has 1 N–H and O–H groups in total. The normalized spacial score (nSPS) is 27.3. The third-order valence-electron chi connectivity index (χ3n) is 4.08. The maximum Gasteiger partial charge on any atom is 0.168 e. The Kier molecular flexibility index (Phi) is 3.65. The molecule has 0 saturated heterocycles. The lowest BCUT2D eigenvalue weighted by molar-refractivity contribution is -0.117. The number of nitrogens with zero attached hydrogens (tertiary/aromatic N) is 1. The van der Waals surface area contributed by atoms with Gasteiger partial charge >= 0.3 is 0 Å². The van der Waals surface area contributed by atoms with E-state index in [4.69, 9.17) is 0 Å². The molecule has 2 rings (SSSR count). The van der Waals surface area contributed by atoms with Crippen molar-refractivity contribution >= 4 is 11.5 Å². The molecule has 0 radical (unpaired) electrons. The number of hydrogen-bond donors (Lipinski definition) is 1. The minimum atomic E-state index is 0.0969. The largest absolute Gasteiger partial charge is 0.511 e. The molecule has 1 aliphatic carbocycles. The van der Waals surface area contributed by atoms with Crippen molar-refractivity contribution in [2.24, 2.45) is 16.8 Å². The van der Waals surface area contributed by atoms with Gasteiger partial charge in [-0.3, -0.25) is 9.79 Å². The zero-order valence-corrected chi connectivity index (χ0v) is 10.7. The molecule has 0 amide bonds.